The zero-order valence-corrected chi connectivity index (χ0v) is 20.5. The summed E-state index contributed by atoms with van der Waals surface area (Å²) in [7, 11) is 0. The number of amides is 1. The monoisotopic (exact) mass is 447 g/mol. The molecule has 178 valence electrons. The van der Waals surface area contributed by atoms with Crippen molar-refractivity contribution in [1.29, 1.82) is 0 Å². The van der Waals surface area contributed by atoms with Gasteiger partial charge in [0.15, 0.2) is 0 Å². The Morgan fingerprint density at radius 2 is 1.52 bits per heavy atom. The first-order valence-corrected chi connectivity index (χ1v) is 13.6. The van der Waals surface area contributed by atoms with E-state index in [0.717, 1.165) is 36.6 Å². The molecule has 1 aliphatic heterocycles. The molecule has 2 saturated carbocycles. The first kappa shape index (κ1) is 22.6. The van der Waals surface area contributed by atoms with Crippen LogP contribution < -0.4 is 10.2 Å². The van der Waals surface area contributed by atoms with Crippen LogP contribution in [0.25, 0.3) is 11.3 Å². The number of aromatic nitrogens is 1. The Bertz CT molecular complexity index is 927. The highest BCUT2D eigenvalue weighted by molar-refractivity contribution is 5.97. The maximum atomic E-state index is 13.3. The number of nitrogens with zero attached hydrogens (tertiary/aromatic N) is 2. The average Bonchev–Trinajstić information content (AvgIpc) is 3.50. The minimum absolute atomic E-state index is 0.122. The lowest BCUT2D eigenvalue weighted by Gasteiger charge is -2.25. The topological polar surface area (TPSA) is 37.3 Å². The lowest BCUT2D eigenvalue weighted by molar-refractivity contribution is 0.0927. The molecule has 2 aromatic rings. The number of carbonyl (C=O) groups excluding carboxylic acids is 1. The van der Waals surface area contributed by atoms with Crippen LogP contribution in [0.2, 0.25) is 0 Å². The Kier molecular flexibility index (Phi) is 7.08. The summed E-state index contributed by atoms with van der Waals surface area (Å²) in [5, 5.41) is 3.36. The molecule has 0 atom stereocenters. The predicted molar refractivity (Wildman–Crippen MR) is 137 cm³/mol. The first-order valence-electron chi connectivity index (χ1n) is 13.6. The third kappa shape index (κ3) is 5.15. The Hall–Kier alpha value is -2.23. The van der Waals surface area contributed by atoms with E-state index in [2.05, 4.69) is 52.0 Å². The third-order valence-corrected chi connectivity index (χ3v) is 8.35. The number of hydrogen-bond acceptors (Lipinski definition) is 2. The zero-order valence-electron chi connectivity index (χ0n) is 20.5. The summed E-state index contributed by atoms with van der Waals surface area (Å²) >= 11 is 0. The van der Waals surface area contributed by atoms with Crippen LogP contribution in [0.3, 0.4) is 0 Å². The maximum Gasteiger partial charge on any atom is 0.253 e. The highest BCUT2D eigenvalue weighted by Crippen LogP contribution is 2.33. The van der Waals surface area contributed by atoms with Gasteiger partial charge in [0.2, 0.25) is 0 Å². The van der Waals surface area contributed by atoms with E-state index < -0.39 is 0 Å². The van der Waals surface area contributed by atoms with Crippen molar-refractivity contribution in [3.05, 3.63) is 41.6 Å². The summed E-state index contributed by atoms with van der Waals surface area (Å²) in [4.78, 5) is 15.8. The van der Waals surface area contributed by atoms with Gasteiger partial charge in [0, 0.05) is 42.8 Å². The van der Waals surface area contributed by atoms with Gasteiger partial charge in [-0.15, -0.1) is 0 Å². The molecule has 2 aliphatic carbocycles. The highest BCUT2D eigenvalue weighted by Gasteiger charge is 2.24. The van der Waals surface area contributed by atoms with Gasteiger partial charge in [0.05, 0.1) is 5.56 Å². The summed E-state index contributed by atoms with van der Waals surface area (Å²) < 4.78 is 2.45. The van der Waals surface area contributed by atoms with Gasteiger partial charge in [-0.1, -0.05) is 50.7 Å². The molecule has 1 saturated heterocycles. The normalized spacial score (nSPS) is 20.3. The van der Waals surface area contributed by atoms with Crippen LogP contribution in [0.15, 0.2) is 30.3 Å². The van der Waals surface area contributed by atoms with Crippen molar-refractivity contribution in [3.8, 4) is 11.3 Å². The fraction of sp³-hybridized carbons (Fsp3) is 0.621. The predicted octanol–water partition coefficient (Wildman–Crippen LogP) is 6.71. The van der Waals surface area contributed by atoms with Crippen molar-refractivity contribution in [3.63, 3.8) is 0 Å². The smallest absolute Gasteiger partial charge is 0.253 e. The number of anilines is 1. The largest absolute Gasteiger partial charge is 0.372 e. The Balaban J connectivity index is 1.42. The van der Waals surface area contributed by atoms with Crippen molar-refractivity contribution < 1.29 is 4.79 Å². The molecule has 1 aromatic heterocycles. The van der Waals surface area contributed by atoms with Crippen LogP contribution in [0.4, 0.5) is 5.69 Å². The summed E-state index contributed by atoms with van der Waals surface area (Å²) in [5.74, 6) is 0.846. The zero-order chi connectivity index (χ0) is 22.6. The molecular formula is C29H41N3O. The number of benzene rings is 1. The van der Waals surface area contributed by atoms with Gasteiger partial charge >= 0.3 is 0 Å². The number of carbonyl (C=O) groups is 1. The molecular weight excluding hydrogens is 406 g/mol. The van der Waals surface area contributed by atoms with Crippen molar-refractivity contribution >= 4 is 11.6 Å². The Morgan fingerprint density at radius 3 is 2.18 bits per heavy atom. The summed E-state index contributed by atoms with van der Waals surface area (Å²) in [5.41, 5.74) is 5.77. The van der Waals surface area contributed by atoms with E-state index in [1.165, 1.54) is 94.2 Å². The molecule has 0 radical (unpaired) electrons. The second kappa shape index (κ2) is 10.4. The van der Waals surface area contributed by atoms with Crippen molar-refractivity contribution in [2.45, 2.75) is 96.6 Å². The molecule has 0 bridgehead atoms. The first-order chi connectivity index (χ1) is 16.2. The van der Waals surface area contributed by atoms with Gasteiger partial charge in [-0.2, -0.15) is 0 Å². The maximum absolute atomic E-state index is 13.3. The van der Waals surface area contributed by atoms with Gasteiger partial charge in [0.1, 0.15) is 0 Å². The molecule has 3 fully saturated rings. The molecule has 0 unspecified atom stereocenters. The SMILES string of the molecule is Cc1c(C(=O)NC2CCCCC2)cc(-c2ccc(N3CCCC3)cc2)n1CC1CCCCC1. The van der Waals surface area contributed by atoms with Gasteiger partial charge in [-0.25, -0.2) is 0 Å². The van der Waals surface area contributed by atoms with E-state index in [9.17, 15) is 4.79 Å². The number of nitrogens with one attached hydrogen (secondary N) is 1. The van der Waals surface area contributed by atoms with Gasteiger partial charge in [-0.3, -0.25) is 4.79 Å². The van der Waals surface area contributed by atoms with E-state index in [1.807, 2.05) is 0 Å². The van der Waals surface area contributed by atoms with Crippen molar-refractivity contribution in [2.24, 2.45) is 5.92 Å². The standard InChI is InChI=1S/C29H41N3O/c1-22-27(29(33)30-25-12-6-3-7-13-25)20-28(32(22)21-23-10-4-2-5-11-23)24-14-16-26(17-15-24)31-18-8-9-19-31/h14-17,20,23,25H,2-13,18-19,21H2,1H3,(H,30,33). The van der Waals surface area contributed by atoms with Crippen LogP contribution >= 0.6 is 0 Å². The van der Waals surface area contributed by atoms with Crippen molar-refractivity contribution in [2.75, 3.05) is 18.0 Å². The van der Waals surface area contributed by atoms with Crippen LogP contribution in [0, 0.1) is 12.8 Å². The van der Waals surface area contributed by atoms with Crippen LogP contribution in [0.5, 0.6) is 0 Å². The van der Waals surface area contributed by atoms with Gasteiger partial charge < -0.3 is 14.8 Å². The fourth-order valence-corrected chi connectivity index (χ4v) is 6.31. The number of hydrogen-bond donors (Lipinski definition) is 1. The minimum atomic E-state index is 0.122. The second-order valence-electron chi connectivity index (χ2n) is 10.7. The lowest BCUT2D eigenvalue weighted by Crippen LogP contribution is -2.36. The highest BCUT2D eigenvalue weighted by atomic mass is 16.1. The van der Waals surface area contributed by atoms with E-state index in [0.29, 0.717) is 6.04 Å². The van der Waals surface area contributed by atoms with Gasteiger partial charge in [0.25, 0.3) is 5.91 Å². The van der Waals surface area contributed by atoms with Gasteiger partial charge in [-0.05, 0) is 75.1 Å². The molecule has 5 rings (SSSR count). The van der Waals surface area contributed by atoms with Crippen LogP contribution in [0.1, 0.15) is 93.1 Å². The molecule has 0 spiro atoms. The summed E-state index contributed by atoms with van der Waals surface area (Å²) in [6.45, 7) is 5.52. The van der Waals surface area contributed by atoms with E-state index in [-0.39, 0.29) is 5.91 Å². The van der Waals surface area contributed by atoms with E-state index in [4.69, 9.17) is 0 Å². The molecule has 3 aliphatic rings. The Labute approximate surface area is 199 Å². The lowest BCUT2D eigenvalue weighted by atomic mass is 9.89. The molecule has 33 heavy (non-hydrogen) atoms. The molecule has 4 nitrogen and oxygen atoms in total. The molecule has 4 heteroatoms. The molecule has 1 N–H and O–H groups in total. The fourth-order valence-electron chi connectivity index (χ4n) is 6.31. The molecule has 2 heterocycles. The number of rotatable bonds is 6. The summed E-state index contributed by atoms with van der Waals surface area (Å²) in [6, 6.07) is 11.6. The van der Waals surface area contributed by atoms with E-state index >= 15 is 0 Å². The third-order valence-electron chi connectivity index (χ3n) is 8.35. The van der Waals surface area contributed by atoms with E-state index in [1.54, 1.807) is 0 Å². The Morgan fingerprint density at radius 1 is 0.879 bits per heavy atom. The molecule has 1 amide bonds. The average molecular weight is 448 g/mol. The summed E-state index contributed by atoms with van der Waals surface area (Å²) in [6.07, 6.45) is 15.3. The second-order valence-corrected chi connectivity index (χ2v) is 10.7. The van der Waals surface area contributed by atoms with Crippen LogP contribution in [-0.4, -0.2) is 29.6 Å². The van der Waals surface area contributed by atoms with Crippen molar-refractivity contribution in [1.82, 2.24) is 9.88 Å². The minimum Gasteiger partial charge on any atom is -0.372 e. The quantitative estimate of drug-likeness (QED) is 0.534. The molecule has 1 aromatic carbocycles. The van der Waals surface area contributed by atoms with Crippen LogP contribution in [-0.2, 0) is 6.54 Å².